The van der Waals surface area contributed by atoms with Gasteiger partial charge in [-0.3, -0.25) is 15.6 Å². The number of carbonyl (C=O) groups is 1. The smallest absolute Gasteiger partial charge is 0.276 e. The van der Waals surface area contributed by atoms with Gasteiger partial charge in [0.1, 0.15) is 5.75 Å². The van der Waals surface area contributed by atoms with Crippen molar-refractivity contribution in [3.63, 3.8) is 0 Å². The number of furan rings is 1. The maximum atomic E-state index is 11.7. The molecule has 0 bridgehead atoms. The number of amides is 1. The second-order valence-corrected chi connectivity index (χ2v) is 4.69. The Hall–Kier alpha value is -2.69. The van der Waals surface area contributed by atoms with Gasteiger partial charge in [-0.2, -0.15) is 0 Å². The van der Waals surface area contributed by atoms with Crippen molar-refractivity contribution in [2.45, 2.75) is 13.8 Å². The third kappa shape index (κ3) is 4.14. The van der Waals surface area contributed by atoms with E-state index in [-0.39, 0.29) is 12.5 Å². The molecule has 0 aliphatic carbocycles. The lowest BCUT2D eigenvalue weighted by atomic mass is 10.1. The zero-order valence-corrected chi connectivity index (χ0v) is 12.1. The van der Waals surface area contributed by atoms with Gasteiger partial charge in [0.25, 0.3) is 5.91 Å². The summed E-state index contributed by atoms with van der Waals surface area (Å²) in [6, 6.07) is 9.34. The van der Waals surface area contributed by atoms with Crippen molar-refractivity contribution >= 4 is 11.6 Å². The van der Waals surface area contributed by atoms with Gasteiger partial charge < -0.3 is 9.15 Å². The van der Waals surface area contributed by atoms with Crippen molar-refractivity contribution in [3.05, 3.63) is 60.1 Å². The fourth-order valence-electron chi connectivity index (χ4n) is 1.70. The van der Waals surface area contributed by atoms with Gasteiger partial charge in [0.05, 0.1) is 12.0 Å². The van der Waals surface area contributed by atoms with Gasteiger partial charge >= 0.3 is 0 Å². The Kier molecular flexibility index (Phi) is 4.66. The van der Waals surface area contributed by atoms with Crippen LogP contribution >= 0.6 is 0 Å². The Labute approximate surface area is 123 Å². The van der Waals surface area contributed by atoms with Gasteiger partial charge in [0.2, 0.25) is 0 Å². The molecule has 0 aliphatic rings. The number of carbonyl (C=O) groups excluding carboxylic acids is 1. The van der Waals surface area contributed by atoms with Gasteiger partial charge in [-0.1, -0.05) is 18.7 Å². The highest BCUT2D eigenvalue weighted by atomic mass is 16.5. The molecule has 5 nitrogen and oxygen atoms in total. The van der Waals surface area contributed by atoms with E-state index in [1.807, 2.05) is 32.0 Å². The third-order valence-electron chi connectivity index (χ3n) is 2.87. The van der Waals surface area contributed by atoms with Crippen LogP contribution in [0.25, 0.3) is 5.70 Å². The van der Waals surface area contributed by atoms with Crippen LogP contribution in [0.3, 0.4) is 0 Å². The number of rotatable bonds is 6. The first-order valence-corrected chi connectivity index (χ1v) is 6.54. The van der Waals surface area contributed by atoms with Crippen molar-refractivity contribution in [3.8, 4) is 5.75 Å². The zero-order valence-electron chi connectivity index (χ0n) is 12.1. The topological polar surface area (TPSA) is 63.5 Å². The predicted octanol–water partition coefficient (Wildman–Crippen LogP) is 2.57. The number of ether oxygens (including phenoxy) is 1. The Balaban J connectivity index is 1.80. The highest BCUT2D eigenvalue weighted by Gasteiger charge is 2.06. The fraction of sp³-hybridized carbons (Fsp3) is 0.188. The number of hydrogen-bond donors (Lipinski definition) is 2. The first-order valence-electron chi connectivity index (χ1n) is 6.54. The van der Waals surface area contributed by atoms with Crippen molar-refractivity contribution < 1.29 is 13.9 Å². The number of benzene rings is 1. The molecule has 1 heterocycles. The van der Waals surface area contributed by atoms with E-state index in [1.54, 1.807) is 12.1 Å². The zero-order chi connectivity index (χ0) is 15.2. The van der Waals surface area contributed by atoms with Crippen LogP contribution in [0.15, 0.2) is 47.6 Å². The minimum Gasteiger partial charge on any atom is -0.483 e. The van der Waals surface area contributed by atoms with E-state index in [9.17, 15) is 4.79 Å². The van der Waals surface area contributed by atoms with Gasteiger partial charge in [0.15, 0.2) is 12.4 Å². The van der Waals surface area contributed by atoms with Crippen LogP contribution in [0.5, 0.6) is 5.75 Å². The lowest BCUT2D eigenvalue weighted by molar-refractivity contribution is -0.123. The summed E-state index contributed by atoms with van der Waals surface area (Å²) in [5.74, 6) is 0.962. The van der Waals surface area contributed by atoms with Crippen LogP contribution in [0.4, 0.5) is 0 Å². The second-order valence-electron chi connectivity index (χ2n) is 4.69. The Bertz CT molecular complexity index is 633. The van der Waals surface area contributed by atoms with E-state index < -0.39 is 0 Å². The average Bonchev–Trinajstić information content (AvgIpc) is 3.00. The molecule has 1 amide bonds. The third-order valence-corrected chi connectivity index (χ3v) is 2.87. The normalized spacial score (nSPS) is 10.0. The monoisotopic (exact) mass is 286 g/mol. The standard InChI is InChI=1S/C16H18N2O3/c1-11-6-7-12(2)15(9-11)21-10-16(19)18-17-13(3)14-5-4-8-20-14/h4-9,17H,3,10H2,1-2H3,(H,18,19). The van der Waals surface area contributed by atoms with Crippen LogP contribution in [-0.4, -0.2) is 12.5 Å². The van der Waals surface area contributed by atoms with Crippen molar-refractivity contribution in [2.24, 2.45) is 0 Å². The molecule has 0 spiro atoms. The van der Waals surface area contributed by atoms with Crippen molar-refractivity contribution in [2.75, 3.05) is 6.61 Å². The quantitative estimate of drug-likeness (QED) is 0.801. The lowest BCUT2D eigenvalue weighted by Gasteiger charge is -2.11. The van der Waals surface area contributed by atoms with E-state index in [2.05, 4.69) is 17.4 Å². The molecule has 5 heteroatoms. The molecule has 0 saturated carbocycles. The molecule has 2 N–H and O–H groups in total. The Morgan fingerprint density at radius 1 is 1.29 bits per heavy atom. The van der Waals surface area contributed by atoms with Crippen molar-refractivity contribution in [1.29, 1.82) is 0 Å². The van der Waals surface area contributed by atoms with E-state index in [4.69, 9.17) is 9.15 Å². The summed E-state index contributed by atoms with van der Waals surface area (Å²) < 4.78 is 10.6. The van der Waals surface area contributed by atoms with E-state index in [0.29, 0.717) is 17.2 Å². The molecule has 2 rings (SSSR count). The molecule has 2 aromatic rings. The fourth-order valence-corrected chi connectivity index (χ4v) is 1.70. The molecule has 0 unspecified atom stereocenters. The number of hydrazine groups is 1. The average molecular weight is 286 g/mol. The summed E-state index contributed by atoms with van der Waals surface area (Å²) in [7, 11) is 0. The van der Waals surface area contributed by atoms with Crippen LogP contribution in [0.2, 0.25) is 0 Å². The first-order chi connectivity index (χ1) is 10.1. The van der Waals surface area contributed by atoms with Gasteiger partial charge in [-0.05, 0) is 43.2 Å². The van der Waals surface area contributed by atoms with Crippen LogP contribution in [-0.2, 0) is 4.79 Å². The van der Waals surface area contributed by atoms with Crippen molar-refractivity contribution in [1.82, 2.24) is 10.9 Å². The molecule has 0 radical (unpaired) electrons. The molecule has 0 fully saturated rings. The van der Waals surface area contributed by atoms with Gasteiger partial charge in [-0.25, -0.2) is 0 Å². The van der Waals surface area contributed by atoms with Crippen LogP contribution in [0.1, 0.15) is 16.9 Å². The summed E-state index contributed by atoms with van der Waals surface area (Å²) in [4.78, 5) is 11.7. The number of hydrogen-bond acceptors (Lipinski definition) is 4. The maximum absolute atomic E-state index is 11.7. The molecule has 0 saturated heterocycles. The number of aryl methyl sites for hydroxylation is 2. The van der Waals surface area contributed by atoms with Gasteiger partial charge in [0, 0.05) is 0 Å². The van der Waals surface area contributed by atoms with E-state index in [1.165, 1.54) is 6.26 Å². The molecule has 1 aromatic heterocycles. The number of nitrogens with one attached hydrogen (secondary N) is 2. The highest BCUT2D eigenvalue weighted by molar-refractivity contribution is 5.78. The second kappa shape index (κ2) is 6.65. The molecule has 0 atom stereocenters. The predicted molar refractivity (Wildman–Crippen MR) is 80.4 cm³/mol. The molecule has 110 valence electrons. The summed E-state index contributed by atoms with van der Waals surface area (Å²) in [5, 5.41) is 0. The Morgan fingerprint density at radius 3 is 2.81 bits per heavy atom. The molecular weight excluding hydrogens is 268 g/mol. The molecule has 1 aromatic carbocycles. The van der Waals surface area contributed by atoms with E-state index >= 15 is 0 Å². The lowest BCUT2D eigenvalue weighted by Crippen LogP contribution is -2.38. The first kappa shape index (κ1) is 14.7. The Morgan fingerprint density at radius 2 is 2.10 bits per heavy atom. The SMILES string of the molecule is C=C(NNC(=O)COc1cc(C)ccc1C)c1ccco1. The summed E-state index contributed by atoms with van der Waals surface area (Å²) >= 11 is 0. The minimum atomic E-state index is -0.302. The molecule has 0 aliphatic heterocycles. The van der Waals surface area contributed by atoms with Crippen LogP contribution in [0, 0.1) is 13.8 Å². The van der Waals surface area contributed by atoms with Crippen LogP contribution < -0.4 is 15.6 Å². The van der Waals surface area contributed by atoms with Gasteiger partial charge in [-0.15, -0.1) is 0 Å². The maximum Gasteiger partial charge on any atom is 0.276 e. The largest absolute Gasteiger partial charge is 0.483 e. The summed E-state index contributed by atoms with van der Waals surface area (Å²) in [6.07, 6.45) is 1.54. The summed E-state index contributed by atoms with van der Waals surface area (Å²) in [6.45, 7) is 7.58. The molecular formula is C16H18N2O3. The van der Waals surface area contributed by atoms with E-state index in [0.717, 1.165) is 11.1 Å². The summed E-state index contributed by atoms with van der Waals surface area (Å²) in [5.41, 5.74) is 7.72. The molecule has 21 heavy (non-hydrogen) atoms. The highest BCUT2D eigenvalue weighted by Crippen LogP contribution is 2.18. The minimum absolute atomic E-state index is 0.0806.